The summed E-state index contributed by atoms with van der Waals surface area (Å²) in [6, 6.07) is 14.5. The Balaban J connectivity index is 1.76. The van der Waals surface area contributed by atoms with Crippen LogP contribution in [0.1, 0.15) is 5.56 Å². The molecule has 0 saturated heterocycles. The highest BCUT2D eigenvalue weighted by Gasteiger charge is 2.08. The first-order chi connectivity index (χ1) is 11.1. The molecule has 116 valence electrons. The summed E-state index contributed by atoms with van der Waals surface area (Å²) in [6.45, 7) is 0.305. The van der Waals surface area contributed by atoms with Crippen LogP contribution < -0.4 is 10.9 Å². The fourth-order valence-corrected chi connectivity index (χ4v) is 2.54. The third kappa shape index (κ3) is 3.57. The molecule has 0 aliphatic carbocycles. The van der Waals surface area contributed by atoms with Crippen molar-refractivity contribution in [3.8, 4) is 0 Å². The molecule has 1 amide bonds. The third-order valence-corrected chi connectivity index (χ3v) is 3.67. The molecule has 2 aromatic carbocycles. The number of amides is 1. The maximum Gasteiger partial charge on any atom is 0.269 e. The van der Waals surface area contributed by atoms with Gasteiger partial charge in [-0.2, -0.15) is 0 Å². The first-order valence-electron chi connectivity index (χ1n) is 7.09. The second kappa shape index (κ2) is 6.62. The molecule has 0 saturated carbocycles. The summed E-state index contributed by atoms with van der Waals surface area (Å²) in [7, 11) is 0. The van der Waals surface area contributed by atoms with Gasteiger partial charge in [-0.3, -0.25) is 14.2 Å². The van der Waals surface area contributed by atoms with Crippen molar-refractivity contribution in [1.82, 2.24) is 14.9 Å². The van der Waals surface area contributed by atoms with Crippen LogP contribution in [0, 0.1) is 0 Å². The van der Waals surface area contributed by atoms with E-state index in [-0.39, 0.29) is 18.0 Å². The summed E-state index contributed by atoms with van der Waals surface area (Å²) in [5, 5.41) is 3.41. The molecule has 0 aliphatic heterocycles. The molecule has 3 aromatic rings. The highest BCUT2D eigenvalue weighted by Crippen LogP contribution is 2.10. The molecule has 0 aliphatic rings. The molecule has 0 radical (unpaired) electrons. The number of rotatable bonds is 4. The second-order valence-corrected chi connectivity index (χ2v) is 5.51. The van der Waals surface area contributed by atoms with Crippen LogP contribution in [0.5, 0.6) is 0 Å². The van der Waals surface area contributed by atoms with Gasteiger partial charge in [0, 0.05) is 11.6 Å². The Morgan fingerprint density at radius 1 is 1.17 bits per heavy atom. The Hall–Kier alpha value is -2.66. The number of nitrogens with one attached hydrogen (secondary N) is 1. The standard InChI is InChI=1S/C17H14ClN3O2/c18-13-5-3-4-12(8-13)9-20-16(22)11-21-15-7-2-1-6-14(15)19-10-17(21)23/h1-8,10H,9,11H2,(H,20,22). The second-order valence-electron chi connectivity index (χ2n) is 5.08. The van der Waals surface area contributed by atoms with Crippen LogP contribution in [-0.2, 0) is 17.9 Å². The normalized spacial score (nSPS) is 10.7. The molecule has 1 heterocycles. The fraction of sp³-hybridized carbons (Fsp3) is 0.118. The molecule has 0 spiro atoms. The molecule has 1 N–H and O–H groups in total. The molecule has 0 atom stereocenters. The van der Waals surface area contributed by atoms with Gasteiger partial charge >= 0.3 is 0 Å². The van der Waals surface area contributed by atoms with Gasteiger partial charge in [-0.05, 0) is 29.8 Å². The lowest BCUT2D eigenvalue weighted by Gasteiger charge is -2.10. The predicted molar refractivity (Wildman–Crippen MR) is 89.3 cm³/mol. The van der Waals surface area contributed by atoms with Crippen LogP contribution in [0.2, 0.25) is 5.02 Å². The number of hydrogen-bond acceptors (Lipinski definition) is 3. The smallest absolute Gasteiger partial charge is 0.269 e. The average Bonchev–Trinajstić information content (AvgIpc) is 2.56. The zero-order valence-corrected chi connectivity index (χ0v) is 13.0. The van der Waals surface area contributed by atoms with Gasteiger partial charge in [0.15, 0.2) is 0 Å². The molecule has 0 unspecified atom stereocenters. The Labute approximate surface area is 137 Å². The summed E-state index contributed by atoms with van der Waals surface area (Å²) in [5.41, 5.74) is 1.91. The van der Waals surface area contributed by atoms with Crippen LogP contribution in [0.25, 0.3) is 11.0 Å². The van der Waals surface area contributed by atoms with Crippen molar-refractivity contribution in [2.24, 2.45) is 0 Å². The van der Waals surface area contributed by atoms with Crippen molar-refractivity contribution < 1.29 is 4.79 Å². The van der Waals surface area contributed by atoms with Crippen molar-refractivity contribution in [2.45, 2.75) is 13.1 Å². The number of carbonyl (C=O) groups is 1. The average molecular weight is 328 g/mol. The zero-order valence-electron chi connectivity index (χ0n) is 12.2. The lowest BCUT2D eigenvalue weighted by Crippen LogP contribution is -2.32. The summed E-state index contributed by atoms with van der Waals surface area (Å²) in [4.78, 5) is 28.2. The summed E-state index contributed by atoms with van der Waals surface area (Å²) in [6.07, 6.45) is 1.23. The van der Waals surface area contributed by atoms with Gasteiger partial charge in [0.25, 0.3) is 5.56 Å². The highest BCUT2D eigenvalue weighted by atomic mass is 35.5. The summed E-state index contributed by atoms with van der Waals surface area (Å²) < 4.78 is 1.41. The largest absolute Gasteiger partial charge is 0.350 e. The van der Waals surface area contributed by atoms with E-state index in [1.54, 1.807) is 24.3 Å². The van der Waals surface area contributed by atoms with Gasteiger partial charge < -0.3 is 5.32 Å². The Bertz CT molecular complexity index is 921. The van der Waals surface area contributed by atoms with Crippen LogP contribution >= 0.6 is 11.6 Å². The van der Waals surface area contributed by atoms with E-state index in [1.165, 1.54) is 10.8 Å². The Morgan fingerprint density at radius 3 is 2.83 bits per heavy atom. The summed E-state index contributed by atoms with van der Waals surface area (Å²) >= 11 is 5.91. The number of fused-ring (bicyclic) bond motifs is 1. The first-order valence-corrected chi connectivity index (χ1v) is 7.47. The van der Waals surface area contributed by atoms with Crippen LogP contribution in [0.15, 0.2) is 59.5 Å². The Kier molecular flexibility index (Phi) is 4.39. The van der Waals surface area contributed by atoms with Crippen molar-refractivity contribution in [2.75, 3.05) is 0 Å². The minimum Gasteiger partial charge on any atom is -0.350 e. The van der Waals surface area contributed by atoms with Gasteiger partial charge in [0.05, 0.1) is 17.2 Å². The number of halogens is 1. The van der Waals surface area contributed by atoms with Crippen LogP contribution in [0.4, 0.5) is 0 Å². The van der Waals surface area contributed by atoms with E-state index < -0.39 is 0 Å². The van der Waals surface area contributed by atoms with E-state index >= 15 is 0 Å². The topological polar surface area (TPSA) is 64.0 Å². The molecule has 1 aromatic heterocycles. The van der Waals surface area contributed by atoms with E-state index in [9.17, 15) is 9.59 Å². The number of aromatic nitrogens is 2. The highest BCUT2D eigenvalue weighted by molar-refractivity contribution is 6.30. The van der Waals surface area contributed by atoms with Gasteiger partial charge in [0.1, 0.15) is 6.54 Å². The van der Waals surface area contributed by atoms with Crippen molar-refractivity contribution in [3.05, 3.63) is 75.7 Å². The van der Waals surface area contributed by atoms with E-state index in [4.69, 9.17) is 11.6 Å². The van der Waals surface area contributed by atoms with Gasteiger partial charge in [-0.15, -0.1) is 0 Å². The number of benzene rings is 2. The quantitative estimate of drug-likeness (QED) is 0.800. The molecule has 0 bridgehead atoms. The predicted octanol–water partition coefficient (Wildman–Crippen LogP) is 2.37. The fourth-order valence-electron chi connectivity index (χ4n) is 2.32. The Morgan fingerprint density at radius 2 is 2.00 bits per heavy atom. The van der Waals surface area contributed by atoms with Crippen molar-refractivity contribution in [3.63, 3.8) is 0 Å². The molecular weight excluding hydrogens is 314 g/mol. The maximum absolute atomic E-state index is 12.1. The summed E-state index contributed by atoms with van der Waals surface area (Å²) in [5.74, 6) is -0.247. The molecule has 0 fully saturated rings. The lowest BCUT2D eigenvalue weighted by molar-refractivity contribution is -0.121. The van der Waals surface area contributed by atoms with Crippen LogP contribution in [0.3, 0.4) is 0 Å². The molecular formula is C17H14ClN3O2. The van der Waals surface area contributed by atoms with E-state index in [0.29, 0.717) is 22.6 Å². The number of carbonyl (C=O) groups excluding carboxylic acids is 1. The first kappa shape index (κ1) is 15.2. The number of hydrogen-bond donors (Lipinski definition) is 1. The maximum atomic E-state index is 12.1. The minimum atomic E-state index is -0.304. The van der Waals surface area contributed by atoms with Crippen molar-refractivity contribution >= 4 is 28.5 Å². The van der Waals surface area contributed by atoms with E-state index in [2.05, 4.69) is 10.3 Å². The molecule has 6 heteroatoms. The third-order valence-electron chi connectivity index (χ3n) is 3.43. The number of nitrogens with zero attached hydrogens (tertiary/aromatic N) is 2. The van der Waals surface area contributed by atoms with Gasteiger partial charge in [0.2, 0.25) is 5.91 Å². The van der Waals surface area contributed by atoms with Gasteiger partial charge in [-0.1, -0.05) is 35.9 Å². The van der Waals surface area contributed by atoms with E-state index in [1.807, 2.05) is 24.3 Å². The zero-order chi connectivity index (χ0) is 16.2. The van der Waals surface area contributed by atoms with Crippen LogP contribution in [-0.4, -0.2) is 15.5 Å². The number of para-hydroxylation sites is 2. The lowest BCUT2D eigenvalue weighted by atomic mass is 10.2. The van der Waals surface area contributed by atoms with E-state index in [0.717, 1.165) is 5.56 Å². The minimum absolute atomic E-state index is 0.0531. The van der Waals surface area contributed by atoms with Crippen molar-refractivity contribution in [1.29, 1.82) is 0 Å². The molecule has 23 heavy (non-hydrogen) atoms. The molecule has 3 rings (SSSR count). The monoisotopic (exact) mass is 327 g/mol. The molecule has 5 nitrogen and oxygen atoms in total. The SMILES string of the molecule is O=C(Cn1c(=O)cnc2ccccc21)NCc1cccc(Cl)c1. The van der Waals surface area contributed by atoms with Gasteiger partial charge in [-0.25, -0.2) is 4.98 Å².